The van der Waals surface area contributed by atoms with Gasteiger partial charge in [0.05, 0.1) is 11.7 Å². The van der Waals surface area contributed by atoms with Crippen molar-refractivity contribution in [2.75, 3.05) is 0 Å². The van der Waals surface area contributed by atoms with E-state index in [4.69, 9.17) is 9.31 Å². The summed E-state index contributed by atoms with van der Waals surface area (Å²) < 4.78 is 12.5. The fraction of sp³-hybridized carbons (Fsp3) is 0.625. The first-order valence-corrected chi connectivity index (χ1v) is 7.52. The first kappa shape index (κ1) is 12.0. The quantitative estimate of drug-likeness (QED) is 0.756. The molecule has 0 unspecified atom stereocenters. The molecular formula is C16H21BO2. The molecule has 0 spiro atoms. The number of benzene rings is 1. The minimum absolute atomic E-state index is 0.00981. The summed E-state index contributed by atoms with van der Waals surface area (Å²) in [5.74, 6) is 1.64. The van der Waals surface area contributed by atoms with Crippen LogP contribution in [-0.2, 0) is 15.6 Å². The average Bonchev–Trinajstić information content (AvgIpc) is 2.66. The van der Waals surface area contributed by atoms with Crippen LogP contribution in [0.15, 0.2) is 24.3 Å². The van der Waals surface area contributed by atoms with Gasteiger partial charge in [0.15, 0.2) is 0 Å². The Bertz CT molecular complexity index is 480. The normalized spacial score (nSPS) is 39.9. The molecule has 5 rings (SSSR count). The van der Waals surface area contributed by atoms with Crippen molar-refractivity contribution in [2.45, 2.75) is 51.1 Å². The van der Waals surface area contributed by atoms with Gasteiger partial charge in [0, 0.05) is 6.32 Å². The van der Waals surface area contributed by atoms with Crippen LogP contribution < -0.4 is 0 Å². The summed E-state index contributed by atoms with van der Waals surface area (Å²) in [4.78, 5) is 0. The van der Waals surface area contributed by atoms with Crippen molar-refractivity contribution in [3.05, 3.63) is 35.4 Å². The third kappa shape index (κ3) is 1.86. The van der Waals surface area contributed by atoms with Crippen molar-refractivity contribution in [1.29, 1.82) is 0 Å². The minimum Gasteiger partial charge on any atom is -0.405 e. The maximum Gasteiger partial charge on any atom is 0.462 e. The monoisotopic (exact) mass is 256 g/mol. The van der Waals surface area contributed by atoms with Crippen molar-refractivity contribution in [3.8, 4) is 0 Å². The molecule has 4 fully saturated rings. The zero-order chi connectivity index (χ0) is 13.0. The Hall–Kier alpha value is -0.795. The van der Waals surface area contributed by atoms with Gasteiger partial charge in [-0.05, 0) is 50.5 Å². The molecule has 1 aromatic rings. The molecule has 4 aliphatic rings. The molecule has 19 heavy (non-hydrogen) atoms. The van der Waals surface area contributed by atoms with Crippen LogP contribution in [0, 0.1) is 18.8 Å². The van der Waals surface area contributed by atoms with Crippen molar-refractivity contribution >= 4 is 7.12 Å². The van der Waals surface area contributed by atoms with Gasteiger partial charge in [0.25, 0.3) is 0 Å². The summed E-state index contributed by atoms with van der Waals surface area (Å²) in [7, 11) is -0.0444. The molecule has 2 nitrogen and oxygen atoms in total. The summed E-state index contributed by atoms with van der Waals surface area (Å²) in [5, 5.41) is 0. The molecule has 2 bridgehead atoms. The number of rotatable bonds is 2. The zero-order valence-corrected chi connectivity index (χ0v) is 11.8. The van der Waals surface area contributed by atoms with Crippen LogP contribution in [0.5, 0.6) is 0 Å². The number of hydrogen-bond acceptors (Lipinski definition) is 2. The molecule has 0 amide bonds. The molecule has 1 saturated heterocycles. The molecule has 3 aliphatic carbocycles. The topological polar surface area (TPSA) is 18.5 Å². The summed E-state index contributed by atoms with van der Waals surface area (Å²) in [6, 6.07) is 8.70. The number of hydrogen-bond donors (Lipinski definition) is 0. The van der Waals surface area contributed by atoms with Gasteiger partial charge in [-0.1, -0.05) is 29.8 Å². The summed E-state index contributed by atoms with van der Waals surface area (Å²) in [5.41, 5.74) is 2.60. The standard InChI is InChI=1S/C16H21BO2/c1-11-3-5-12(6-4-11)10-17-18-15-9-13-7-14(8-13)16(15,2)19-17/h3-6,13-15H,7-10H2,1-2H3/t13-,14+,15-,16+/m1/s1. The predicted molar refractivity (Wildman–Crippen MR) is 75.8 cm³/mol. The average molecular weight is 256 g/mol. The Labute approximate surface area is 115 Å². The van der Waals surface area contributed by atoms with Crippen molar-refractivity contribution in [3.63, 3.8) is 0 Å². The predicted octanol–water partition coefficient (Wildman–Crippen LogP) is 3.17. The molecule has 1 heterocycles. The molecule has 0 aromatic heterocycles. The highest BCUT2D eigenvalue weighted by atomic mass is 16.7. The first-order chi connectivity index (χ1) is 9.13. The summed E-state index contributed by atoms with van der Waals surface area (Å²) >= 11 is 0. The molecule has 0 N–H and O–H groups in total. The van der Waals surface area contributed by atoms with E-state index in [-0.39, 0.29) is 12.7 Å². The number of aryl methyl sites for hydroxylation is 1. The van der Waals surface area contributed by atoms with Crippen LogP contribution in [0.25, 0.3) is 0 Å². The highest BCUT2D eigenvalue weighted by Crippen LogP contribution is 2.56. The second-order valence-electron chi connectivity index (χ2n) is 6.82. The van der Waals surface area contributed by atoms with E-state index in [1.807, 2.05) is 0 Å². The van der Waals surface area contributed by atoms with E-state index in [0.717, 1.165) is 18.2 Å². The van der Waals surface area contributed by atoms with Crippen LogP contribution in [-0.4, -0.2) is 18.8 Å². The summed E-state index contributed by atoms with van der Waals surface area (Å²) in [6.07, 6.45) is 5.13. The third-order valence-electron chi connectivity index (χ3n) is 5.46. The highest BCUT2D eigenvalue weighted by Gasteiger charge is 2.60. The lowest BCUT2D eigenvalue weighted by molar-refractivity contribution is -0.114. The maximum atomic E-state index is 6.31. The van der Waals surface area contributed by atoms with E-state index in [1.54, 1.807) is 0 Å². The van der Waals surface area contributed by atoms with E-state index in [2.05, 4.69) is 38.1 Å². The van der Waals surface area contributed by atoms with Crippen LogP contribution in [0.2, 0.25) is 0 Å². The molecule has 1 aliphatic heterocycles. The van der Waals surface area contributed by atoms with Crippen molar-refractivity contribution in [1.82, 2.24) is 0 Å². The second-order valence-corrected chi connectivity index (χ2v) is 6.82. The molecule has 2 atom stereocenters. The summed E-state index contributed by atoms with van der Waals surface area (Å²) in [6.45, 7) is 4.39. The molecule has 3 saturated carbocycles. The van der Waals surface area contributed by atoms with Crippen LogP contribution in [0.4, 0.5) is 0 Å². The van der Waals surface area contributed by atoms with E-state index in [9.17, 15) is 0 Å². The maximum absolute atomic E-state index is 6.31. The molecule has 1 aromatic carbocycles. The van der Waals surface area contributed by atoms with Crippen LogP contribution >= 0.6 is 0 Å². The highest BCUT2D eigenvalue weighted by molar-refractivity contribution is 6.44. The lowest BCUT2D eigenvalue weighted by Gasteiger charge is -2.53. The van der Waals surface area contributed by atoms with E-state index >= 15 is 0 Å². The van der Waals surface area contributed by atoms with Gasteiger partial charge in [0.2, 0.25) is 0 Å². The first-order valence-electron chi connectivity index (χ1n) is 7.52. The van der Waals surface area contributed by atoms with Crippen molar-refractivity contribution < 1.29 is 9.31 Å². The Morgan fingerprint density at radius 1 is 1.21 bits per heavy atom. The van der Waals surface area contributed by atoms with Gasteiger partial charge in [-0.15, -0.1) is 0 Å². The van der Waals surface area contributed by atoms with Gasteiger partial charge in [0.1, 0.15) is 0 Å². The molecule has 100 valence electrons. The van der Waals surface area contributed by atoms with E-state index in [1.165, 1.54) is 30.4 Å². The Morgan fingerprint density at radius 3 is 2.63 bits per heavy atom. The Balaban J connectivity index is 1.48. The fourth-order valence-corrected chi connectivity index (χ4v) is 4.06. The lowest BCUT2D eigenvalue weighted by Crippen LogP contribution is -2.56. The van der Waals surface area contributed by atoms with Gasteiger partial charge >= 0.3 is 7.12 Å². The van der Waals surface area contributed by atoms with Crippen LogP contribution in [0.3, 0.4) is 0 Å². The molecule has 0 radical (unpaired) electrons. The Morgan fingerprint density at radius 2 is 1.95 bits per heavy atom. The SMILES string of the molecule is Cc1ccc(CB2O[C@@H]3C[C@H]4C[C@H](C4)[C@]3(C)O2)cc1. The second kappa shape index (κ2) is 4.10. The van der Waals surface area contributed by atoms with E-state index in [0.29, 0.717) is 6.10 Å². The third-order valence-corrected chi connectivity index (χ3v) is 5.46. The van der Waals surface area contributed by atoms with E-state index < -0.39 is 0 Å². The fourth-order valence-electron chi connectivity index (χ4n) is 4.06. The van der Waals surface area contributed by atoms with Gasteiger partial charge in [-0.3, -0.25) is 0 Å². The van der Waals surface area contributed by atoms with Crippen LogP contribution in [0.1, 0.15) is 37.3 Å². The smallest absolute Gasteiger partial charge is 0.405 e. The molecule has 3 heteroatoms. The lowest BCUT2D eigenvalue weighted by atomic mass is 9.57. The van der Waals surface area contributed by atoms with Crippen molar-refractivity contribution in [2.24, 2.45) is 11.8 Å². The van der Waals surface area contributed by atoms with Gasteiger partial charge < -0.3 is 9.31 Å². The zero-order valence-electron chi connectivity index (χ0n) is 11.8. The van der Waals surface area contributed by atoms with Gasteiger partial charge in [-0.2, -0.15) is 0 Å². The molecular weight excluding hydrogens is 235 g/mol. The minimum atomic E-state index is -0.0444. The van der Waals surface area contributed by atoms with Gasteiger partial charge in [-0.25, -0.2) is 0 Å². The Kier molecular flexibility index (Phi) is 2.58. The largest absolute Gasteiger partial charge is 0.462 e.